The van der Waals surface area contributed by atoms with E-state index >= 15 is 0 Å². The maximum atomic E-state index is 7.30. The van der Waals surface area contributed by atoms with Crippen molar-refractivity contribution >= 4 is 21.6 Å². The molecule has 0 unspecified atom stereocenters. The van der Waals surface area contributed by atoms with E-state index in [2.05, 4.69) is 34.1 Å². The normalized spacial score (nSPS) is 10.0. The molecule has 2 heteroatoms. The second-order valence-corrected chi connectivity index (χ2v) is 4.08. The van der Waals surface area contributed by atoms with Crippen LogP contribution in [-0.2, 0) is 6.42 Å². The van der Waals surface area contributed by atoms with E-state index in [9.17, 15) is 0 Å². The number of benzene rings is 1. The van der Waals surface area contributed by atoms with Gasteiger partial charge >= 0.3 is 0 Å². The van der Waals surface area contributed by atoms with Gasteiger partial charge in [-0.15, -0.1) is 0 Å². The molecule has 1 aromatic rings. The molecule has 0 amide bonds. The summed E-state index contributed by atoms with van der Waals surface area (Å²) in [5, 5.41) is 7.30. The van der Waals surface area contributed by atoms with Crippen LogP contribution in [0.3, 0.4) is 0 Å². The van der Waals surface area contributed by atoms with Crippen molar-refractivity contribution < 1.29 is 0 Å². The van der Waals surface area contributed by atoms with Crippen LogP contribution in [0.4, 0.5) is 0 Å². The van der Waals surface area contributed by atoms with Gasteiger partial charge < -0.3 is 5.41 Å². The molecule has 0 bridgehead atoms. The number of rotatable bonds is 4. The van der Waals surface area contributed by atoms with Gasteiger partial charge in [0.25, 0.3) is 0 Å². The molecule has 1 nitrogen and oxygen atoms in total. The highest BCUT2D eigenvalue weighted by Gasteiger charge is 1.98. The Morgan fingerprint density at radius 2 is 2.08 bits per heavy atom. The Balaban J connectivity index is 2.45. The molecular formula is C11H14BrN. The SMILES string of the molecule is CC(=N)CCCc1ccccc1[76Br]. The van der Waals surface area contributed by atoms with Crippen molar-refractivity contribution in [1.82, 2.24) is 0 Å². The monoisotopic (exact) mass is 236 g/mol. The van der Waals surface area contributed by atoms with Crippen molar-refractivity contribution in [3.05, 3.63) is 34.3 Å². The highest BCUT2D eigenvalue weighted by molar-refractivity contribution is 9.10. The first kappa shape index (κ1) is 10.5. The Hall–Kier alpha value is -0.630. The third kappa shape index (κ3) is 3.73. The summed E-state index contributed by atoms with van der Waals surface area (Å²) in [6.07, 6.45) is 3.02. The fourth-order valence-corrected chi connectivity index (χ4v) is 1.73. The van der Waals surface area contributed by atoms with Crippen molar-refractivity contribution in [1.29, 1.82) is 5.41 Å². The van der Waals surface area contributed by atoms with Crippen LogP contribution in [0.15, 0.2) is 28.7 Å². The molecule has 0 spiro atoms. The summed E-state index contributed by atoms with van der Waals surface area (Å²) >= 11 is 3.51. The van der Waals surface area contributed by atoms with Crippen LogP contribution >= 0.6 is 15.9 Å². The average Bonchev–Trinajstić information content (AvgIpc) is 2.08. The summed E-state index contributed by atoms with van der Waals surface area (Å²) in [5.41, 5.74) is 2.11. The van der Waals surface area contributed by atoms with Crippen LogP contribution in [0.2, 0.25) is 0 Å². The number of hydrogen-bond donors (Lipinski definition) is 1. The van der Waals surface area contributed by atoms with Gasteiger partial charge in [0.05, 0.1) is 0 Å². The molecule has 0 aromatic heterocycles. The van der Waals surface area contributed by atoms with E-state index in [0.717, 1.165) is 25.0 Å². The van der Waals surface area contributed by atoms with E-state index in [1.807, 2.05) is 13.0 Å². The molecule has 0 heterocycles. The maximum Gasteiger partial charge on any atom is 0.0207 e. The van der Waals surface area contributed by atoms with Crippen LogP contribution in [0.5, 0.6) is 0 Å². The standard InChI is InChI=1S/C11H14BrN/c1-9(13)5-4-7-10-6-2-3-8-11(10)12/h2-3,6,8,13H,4-5,7H2,1H3/i12-4. The third-order valence-electron chi connectivity index (χ3n) is 1.96. The van der Waals surface area contributed by atoms with Gasteiger partial charge in [0.15, 0.2) is 0 Å². The topological polar surface area (TPSA) is 23.9 Å². The fraction of sp³-hybridized carbons (Fsp3) is 0.364. The van der Waals surface area contributed by atoms with Crippen LogP contribution in [0.25, 0.3) is 0 Å². The van der Waals surface area contributed by atoms with Crippen LogP contribution in [0.1, 0.15) is 25.3 Å². The van der Waals surface area contributed by atoms with Crippen molar-refractivity contribution in [3.8, 4) is 0 Å². The van der Waals surface area contributed by atoms with Gasteiger partial charge in [0.2, 0.25) is 0 Å². The van der Waals surface area contributed by atoms with E-state index in [0.29, 0.717) is 0 Å². The lowest BCUT2D eigenvalue weighted by Gasteiger charge is -2.02. The summed E-state index contributed by atoms with van der Waals surface area (Å²) < 4.78 is 1.18. The van der Waals surface area contributed by atoms with Gasteiger partial charge in [-0.05, 0) is 37.8 Å². The van der Waals surface area contributed by atoms with Gasteiger partial charge in [-0.3, -0.25) is 0 Å². The molecule has 1 rings (SSSR count). The zero-order chi connectivity index (χ0) is 9.68. The van der Waals surface area contributed by atoms with Gasteiger partial charge in [-0.25, -0.2) is 0 Å². The smallest absolute Gasteiger partial charge is 0.0207 e. The fourth-order valence-electron chi connectivity index (χ4n) is 1.25. The predicted molar refractivity (Wildman–Crippen MR) is 60.5 cm³/mol. The largest absolute Gasteiger partial charge is 0.310 e. The lowest BCUT2D eigenvalue weighted by Crippen LogP contribution is -1.92. The molecule has 0 saturated carbocycles. The second kappa shape index (κ2) is 5.18. The minimum atomic E-state index is 0.770. The molecule has 1 aromatic carbocycles. The second-order valence-electron chi connectivity index (χ2n) is 3.23. The van der Waals surface area contributed by atoms with Crippen molar-refractivity contribution in [3.63, 3.8) is 0 Å². The Morgan fingerprint density at radius 3 is 2.69 bits per heavy atom. The zero-order valence-electron chi connectivity index (χ0n) is 7.81. The van der Waals surface area contributed by atoms with E-state index in [-0.39, 0.29) is 0 Å². The van der Waals surface area contributed by atoms with Crippen molar-refractivity contribution in [2.24, 2.45) is 0 Å². The Kier molecular flexibility index (Phi) is 4.16. The first-order valence-electron chi connectivity index (χ1n) is 4.47. The van der Waals surface area contributed by atoms with Crippen LogP contribution in [-0.4, -0.2) is 5.71 Å². The number of aryl methyl sites for hydroxylation is 1. The zero-order valence-corrected chi connectivity index (χ0v) is 9.39. The summed E-state index contributed by atoms with van der Waals surface area (Å²) in [4.78, 5) is 0. The molecule has 13 heavy (non-hydrogen) atoms. The molecular weight excluding hydrogens is 222 g/mol. The number of halogens is 1. The molecule has 70 valence electrons. The summed E-state index contributed by atoms with van der Waals surface area (Å²) in [6, 6.07) is 8.27. The Labute approximate surface area is 87.8 Å². The molecule has 0 fully saturated rings. The van der Waals surface area contributed by atoms with Crippen LogP contribution in [0, 0.1) is 5.41 Å². The van der Waals surface area contributed by atoms with Crippen molar-refractivity contribution in [2.75, 3.05) is 0 Å². The van der Waals surface area contributed by atoms with Gasteiger partial charge in [0, 0.05) is 10.2 Å². The highest BCUT2D eigenvalue weighted by Crippen LogP contribution is 2.17. The summed E-state index contributed by atoms with van der Waals surface area (Å²) in [6.45, 7) is 1.86. The molecule has 0 aliphatic rings. The first-order valence-corrected chi connectivity index (χ1v) is 5.27. The summed E-state index contributed by atoms with van der Waals surface area (Å²) in [5.74, 6) is 0. The molecule has 0 aliphatic carbocycles. The first-order chi connectivity index (χ1) is 6.20. The molecule has 1 N–H and O–H groups in total. The number of hydrogen-bond acceptors (Lipinski definition) is 1. The highest BCUT2D eigenvalue weighted by atomic mass is 75.9. The van der Waals surface area contributed by atoms with Gasteiger partial charge in [-0.2, -0.15) is 0 Å². The van der Waals surface area contributed by atoms with Crippen LogP contribution < -0.4 is 0 Å². The minimum Gasteiger partial charge on any atom is -0.310 e. The Bertz CT molecular complexity index is 294. The average molecular weight is 236 g/mol. The quantitative estimate of drug-likeness (QED) is 0.768. The predicted octanol–water partition coefficient (Wildman–Crippen LogP) is 3.81. The summed E-state index contributed by atoms with van der Waals surface area (Å²) in [7, 11) is 0. The molecule has 0 atom stereocenters. The molecule has 0 aliphatic heterocycles. The minimum absolute atomic E-state index is 0.770. The van der Waals surface area contributed by atoms with E-state index in [4.69, 9.17) is 5.41 Å². The Morgan fingerprint density at radius 1 is 1.38 bits per heavy atom. The maximum absolute atomic E-state index is 7.30. The third-order valence-corrected chi connectivity index (χ3v) is 2.73. The molecule has 0 saturated heterocycles. The molecule has 0 radical (unpaired) electrons. The van der Waals surface area contributed by atoms with Gasteiger partial charge in [0.1, 0.15) is 0 Å². The van der Waals surface area contributed by atoms with E-state index in [1.54, 1.807) is 0 Å². The van der Waals surface area contributed by atoms with E-state index in [1.165, 1.54) is 10.0 Å². The lowest BCUT2D eigenvalue weighted by molar-refractivity contribution is 0.856. The van der Waals surface area contributed by atoms with Crippen molar-refractivity contribution in [2.45, 2.75) is 26.2 Å². The number of nitrogens with one attached hydrogen (secondary N) is 1. The lowest BCUT2D eigenvalue weighted by atomic mass is 10.1. The van der Waals surface area contributed by atoms with Gasteiger partial charge in [-0.1, -0.05) is 34.1 Å². The van der Waals surface area contributed by atoms with E-state index < -0.39 is 0 Å².